The van der Waals surface area contributed by atoms with E-state index in [1.807, 2.05) is 18.2 Å². The predicted molar refractivity (Wildman–Crippen MR) is 67.2 cm³/mol. The fourth-order valence-corrected chi connectivity index (χ4v) is 1.87. The summed E-state index contributed by atoms with van der Waals surface area (Å²) in [6, 6.07) is 10.1. The lowest BCUT2D eigenvalue weighted by molar-refractivity contribution is -0.123. The quantitative estimate of drug-likeness (QED) is 0.798. The van der Waals surface area contributed by atoms with Crippen LogP contribution < -0.4 is 5.73 Å². The second-order valence-electron chi connectivity index (χ2n) is 4.54. The molecule has 0 fully saturated rings. The van der Waals surface area contributed by atoms with Gasteiger partial charge in [0.2, 0.25) is 0 Å². The second kappa shape index (κ2) is 6.44. The van der Waals surface area contributed by atoms with E-state index in [0.717, 1.165) is 6.42 Å². The molecule has 1 aromatic rings. The molecule has 0 saturated heterocycles. The van der Waals surface area contributed by atoms with Crippen molar-refractivity contribution in [3.63, 3.8) is 0 Å². The van der Waals surface area contributed by atoms with Crippen molar-refractivity contribution in [1.29, 1.82) is 0 Å². The maximum absolute atomic E-state index is 11.9. The normalized spacial score (nSPS) is 12.8. The van der Waals surface area contributed by atoms with E-state index < -0.39 is 0 Å². The Bertz CT molecular complexity index is 319. The third-order valence-corrected chi connectivity index (χ3v) is 2.98. The molecule has 0 spiro atoms. The first-order valence-electron chi connectivity index (χ1n) is 5.92. The molecule has 0 heterocycles. The van der Waals surface area contributed by atoms with Gasteiger partial charge in [0.25, 0.3) is 0 Å². The van der Waals surface area contributed by atoms with Crippen LogP contribution in [0.25, 0.3) is 0 Å². The number of benzene rings is 1. The number of carbonyl (C=O) groups is 1. The minimum atomic E-state index is 0.0173. The van der Waals surface area contributed by atoms with Gasteiger partial charge >= 0.3 is 0 Å². The van der Waals surface area contributed by atoms with Crippen LogP contribution in [-0.2, 0) is 11.2 Å². The minimum Gasteiger partial charge on any atom is -0.330 e. The van der Waals surface area contributed by atoms with E-state index in [0.29, 0.717) is 24.7 Å². The van der Waals surface area contributed by atoms with Gasteiger partial charge in [-0.3, -0.25) is 4.79 Å². The van der Waals surface area contributed by atoms with Crippen molar-refractivity contribution in [3.8, 4) is 0 Å². The SMILES string of the molecule is CC(C)C(CN)C(=O)CCc1ccccc1. The van der Waals surface area contributed by atoms with Crippen LogP contribution in [-0.4, -0.2) is 12.3 Å². The van der Waals surface area contributed by atoms with Crippen LogP contribution in [0.15, 0.2) is 30.3 Å². The molecule has 0 radical (unpaired) electrons. The zero-order chi connectivity index (χ0) is 12.0. The molecule has 0 aliphatic rings. The van der Waals surface area contributed by atoms with E-state index in [1.165, 1.54) is 5.56 Å². The number of hydrogen-bond donors (Lipinski definition) is 1. The molecule has 1 unspecified atom stereocenters. The van der Waals surface area contributed by atoms with Gasteiger partial charge in [0.05, 0.1) is 0 Å². The standard InChI is InChI=1S/C14H21NO/c1-11(2)13(10-15)14(16)9-8-12-6-4-3-5-7-12/h3-7,11,13H,8-10,15H2,1-2H3. The average molecular weight is 219 g/mol. The van der Waals surface area contributed by atoms with Crippen LogP contribution >= 0.6 is 0 Å². The van der Waals surface area contributed by atoms with Gasteiger partial charge in [-0.1, -0.05) is 44.2 Å². The molecular weight excluding hydrogens is 198 g/mol. The van der Waals surface area contributed by atoms with Crippen molar-refractivity contribution in [1.82, 2.24) is 0 Å². The molecule has 1 atom stereocenters. The van der Waals surface area contributed by atoms with Crippen molar-refractivity contribution in [2.75, 3.05) is 6.54 Å². The third kappa shape index (κ3) is 3.78. The number of hydrogen-bond acceptors (Lipinski definition) is 2. The summed E-state index contributed by atoms with van der Waals surface area (Å²) in [6.45, 7) is 4.57. The molecule has 2 nitrogen and oxygen atoms in total. The van der Waals surface area contributed by atoms with E-state index in [2.05, 4.69) is 26.0 Å². The summed E-state index contributed by atoms with van der Waals surface area (Å²) in [4.78, 5) is 11.9. The molecule has 0 bridgehead atoms. The molecule has 88 valence electrons. The number of rotatable bonds is 6. The van der Waals surface area contributed by atoms with E-state index >= 15 is 0 Å². The lowest BCUT2D eigenvalue weighted by atomic mass is 9.89. The highest BCUT2D eigenvalue weighted by atomic mass is 16.1. The minimum absolute atomic E-state index is 0.0173. The first kappa shape index (κ1) is 12.9. The van der Waals surface area contributed by atoms with Crippen molar-refractivity contribution in [2.45, 2.75) is 26.7 Å². The number of ketones is 1. The lowest BCUT2D eigenvalue weighted by Crippen LogP contribution is -2.28. The van der Waals surface area contributed by atoms with E-state index in [9.17, 15) is 4.79 Å². The van der Waals surface area contributed by atoms with Crippen LogP contribution in [0.5, 0.6) is 0 Å². The molecule has 1 aromatic carbocycles. The summed E-state index contributed by atoms with van der Waals surface area (Å²) in [6.07, 6.45) is 1.42. The molecule has 2 N–H and O–H groups in total. The van der Waals surface area contributed by atoms with Gasteiger partial charge in [-0.2, -0.15) is 0 Å². The number of carbonyl (C=O) groups excluding carboxylic acids is 1. The van der Waals surface area contributed by atoms with Gasteiger partial charge < -0.3 is 5.73 Å². The zero-order valence-electron chi connectivity index (χ0n) is 10.1. The molecule has 0 saturated carbocycles. The topological polar surface area (TPSA) is 43.1 Å². The fraction of sp³-hybridized carbons (Fsp3) is 0.500. The van der Waals surface area contributed by atoms with Gasteiger partial charge in [-0.25, -0.2) is 0 Å². The van der Waals surface area contributed by atoms with Crippen molar-refractivity contribution < 1.29 is 4.79 Å². The lowest BCUT2D eigenvalue weighted by Gasteiger charge is -2.17. The smallest absolute Gasteiger partial charge is 0.137 e. The molecule has 0 aliphatic carbocycles. The molecule has 0 aromatic heterocycles. The van der Waals surface area contributed by atoms with E-state index in [-0.39, 0.29) is 5.92 Å². The van der Waals surface area contributed by atoms with Crippen molar-refractivity contribution in [2.24, 2.45) is 17.6 Å². The molecule has 1 rings (SSSR count). The number of Topliss-reactive ketones (excluding diaryl/α,β-unsaturated/α-hetero) is 1. The second-order valence-corrected chi connectivity index (χ2v) is 4.54. The van der Waals surface area contributed by atoms with Crippen LogP contribution in [0, 0.1) is 11.8 Å². The van der Waals surface area contributed by atoms with Gasteiger partial charge in [0.1, 0.15) is 5.78 Å². The Morgan fingerprint density at radius 3 is 2.38 bits per heavy atom. The van der Waals surface area contributed by atoms with Crippen LogP contribution in [0.3, 0.4) is 0 Å². The first-order valence-corrected chi connectivity index (χ1v) is 5.92. The molecule has 0 aliphatic heterocycles. The maximum Gasteiger partial charge on any atom is 0.137 e. The van der Waals surface area contributed by atoms with Gasteiger partial charge in [0.15, 0.2) is 0 Å². The summed E-state index contributed by atoms with van der Waals surface area (Å²) in [5.74, 6) is 0.651. The van der Waals surface area contributed by atoms with Crippen LogP contribution in [0.4, 0.5) is 0 Å². The highest BCUT2D eigenvalue weighted by Crippen LogP contribution is 2.14. The summed E-state index contributed by atoms with van der Waals surface area (Å²) in [5.41, 5.74) is 6.84. The Hall–Kier alpha value is -1.15. The number of aryl methyl sites for hydroxylation is 1. The summed E-state index contributed by atoms with van der Waals surface area (Å²) < 4.78 is 0. The molecule has 0 amide bonds. The summed E-state index contributed by atoms with van der Waals surface area (Å²) >= 11 is 0. The Morgan fingerprint density at radius 1 is 1.25 bits per heavy atom. The Morgan fingerprint density at radius 2 is 1.88 bits per heavy atom. The Labute approximate surface area is 97.9 Å². The maximum atomic E-state index is 11.9. The predicted octanol–water partition coefficient (Wildman–Crippen LogP) is 2.42. The molecule has 16 heavy (non-hydrogen) atoms. The summed E-state index contributed by atoms with van der Waals surface area (Å²) in [7, 11) is 0. The van der Waals surface area contributed by atoms with Crippen molar-refractivity contribution in [3.05, 3.63) is 35.9 Å². The zero-order valence-corrected chi connectivity index (χ0v) is 10.1. The largest absolute Gasteiger partial charge is 0.330 e. The van der Waals surface area contributed by atoms with Gasteiger partial charge in [-0.15, -0.1) is 0 Å². The van der Waals surface area contributed by atoms with E-state index in [1.54, 1.807) is 0 Å². The van der Waals surface area contributed by atoms with Crippen LogP contribution in [0.2, 0.25) is 0 Å². The highest BCUT2D eigenvalue weighted by molar-refractivity contribution is 5.81. The van der Waals surface area contributed by atoms with E-state index in [4.69, 9.17) is 5.73 Å². The Kier molecular flexibility index (Phi) is 5.20. The fourth-order valence-electron chi connectivity index (χ4n) is 1.87. The van der Waals surface area contributed by atoms with Gasteiger partial charge in [0, 0.05) is 18.9 Å². The molecule has 2 heteroatoms. The van der Waals surface area contributed by atoms with Crippen LogP contribution in [0.1, 0.15) is 25.8 Å². The average Bonchev–Trinajstić information content (AvgIpc) is 2.28. The highest BCUT2D eigenvalue weighted by Gasteiger charge is 2.19. The number of nitrogens with two attached hydrogens (primary N) is 1. The van der Waals surface area contributed by atoms with Gasteiger partial charge in [-0.05, 0) is 17.9 Å². The monoisotopic (exact) mass is 219 g/mol. The third-order valence-electron chi connectivity index (χ3n) is 2.98. The summed E-state index contributed by atoms with van der Waals surface area (Å²) in [5, 5.41) is 0. The molecular formula is C14H21NO. The first-order chi connectivity index (χ1) is 7.65. The Balaban J connectivity index is 2.46. The van der Waals surface area contributed by atoms with Crippen molar-refractivity contribution >= 4 is 5.78 Å².